The number of hydrogen-bond donors (Lipinski definition) is 2. The molecule has 1 fully saturated rings. The van der Waals surface area contributed by atoms with Gasteiger partial charge in [-0.3, -0.25) is 0 Å². The lowest BCUT2D eigenvalue weighted by atomic mass is 9.86. The topological polar surface area (TPSA) is 41.3 Å². The highest BCUT2D eigenvalue weighted by Gasteiger charge is 2.23. The van der Waals surface area contributed by atoms with Crippen molar-refractivity contribution in [2.24, 2.45) is 11.7 Å². The van der Waals surface area contributed by atoms with E-state index in [9.17, 15) is 0 Å². The third kappa shape index (κ3) is 4.49. The van der Waals surface area contributed by atoms with Crippen LogP contribution in [0.25, 0.3) is 0 Å². The Morgan fingerprint density at radius 2 is 1.93 bits per heavy atom. The summed E-state index contributed by atoms with van der Waals surface area (Å²) in [5.41, 5.74) is 5.81. The molecule has 2 unspecified atom stereocenters. The second-order valence-electron chi connectivity index (χ2n) is 5.09. The first kappa shape index (κ1) is 12.9. The van der Waals surface area contributed by atoms with Gasteiger partial charge in [0.1, 0.15) is 0 Å². The zero-order valence-electron chi connectivity index (χ0n) is 10.5. The summed E-state index contributed by atoms with van der Waals surface area (Å²) in [4.78, 5) is 2.43. The SMILES string of the molecule is CNC(CCC(C)N)C1CCN(C)CC1. The van der Waals surface area contributed by atoms with Crippen LogP contribution in [0.2, 0.25) is 0 Å². The third-order valence-corrected chi connectivity index (χ3v) is 3.64. The first-order valence-electron chi connectivity index (χ1n) is 6.25. The largest absolute Gasteiger partial charge is 0.328 e. The molecule has 3 nitrogen and oxygen atoms in total. The zero-order valence-corrected chi connectivity index (χ0v) is 10.5. The number of hydrogen-bond acceptors (Lipinski definition) is 3. The maximum Gasteiger partial charge on any atom is 0.00938 e. The molecule has 0 bridgehead atoms. The molecular formula is C12H27N3. The second-order valence-corrected chi connectivity index (χ2v) is 5.09. The highest BCUT2D eigenvalue weighted by molar-refractivity contribution is 4.81. The Labute approximate surface area is 94.4 Å². The van der Waals surface area contributed by atoms with Gasteiger partial charge in [-0.1, -0.05) is 0 Å². The molecule has 3 N–H and O–H groups in total. The van der Waals surface area contributed by atoms with Crippen LogP contribution in [0.4, 0.5) is 0 Å². The van der Waals surface area contributed by atoms with Gasteiger partial charge in [0.05, 0.1) is 0 Å². The highest BCUT2D eigenvalue weighted by atomic mass is 15.1. The van der Waals surface area contributed by atoms with Crippen LogP contribution in [0.3, 0.4) is 0 Å². The van der Waals surface area contributed by atoms with Crippen molar-refractivity contribution in [3.63, 3.8) is 0 Å². The molecule has 90 valence electrons. The summed E-state index contributed by atoms with van der Waals surface area (Å²) in [6.07, 6.45) is 5.03. The van der Waals surface area contributed by atoms with Crippen LogP contribution in [-0.4, -0.2) is 44.2 Å². The number of nitrogens with two attached hydrogens (primary N) is 1. The molecule has 0 radical (unpaired) electrons. The highest BCUT2D eigenvalue weighted by Crippen LogP contribution is 2.22. The normalized spacial score (nSPS) is 24.0. The van der Waals surface area contributed by atoms with E-state index in [1.807, 2.05) is 0 Å². The minimum atomic E-state index is 0.340. The molecular weight excluding hydrogens is 186 g/mol. The molecule has 0 amide bonds. The van der Waals surface area contributed by atoms with Crippen molar-refractivity contribution < 1.29 is 0 Å². The fraction of sp³-hybridized carbons (Fsp3) is 1.00. The first-order valence-corrected chi connectivity index (χ1v) is 6.25. The van der Waals surface area contributed by atoms with Crippen molar-refractivity contribution >= 4 is 0 Å². The lowest BCUT2D eigenvalue weighted by Crippen LogP contribution is -2.41. The van der Waals surface area contributed by atoms with E-state index in [-0.39, 0.29) is 0 Å². The standard InChI is InChI=1S/C12H27N3/c1-10(13)4-5-12(14-2)11-6-8-15(3)9-7-11/h10-12,14H,4-9,13H2,1-3H3. The quantitative estimate of drug-likeness (QED) is 0.717. The van der Waals surface area contributed by atoms with E-state index in [1.54, 1.807) is 0 Å². The maximum atomic E-state index is 5.81. The summed E-state index contributed by atoms with van der Waals surface area (Å²) in [7, 11) is 4.30. The Balaban J connectivity index is 2.31. The number of nitrogens with zero attached hydrogens (tertiary/aromatic N) is 1. The Morgan fingerprint density at radius 3 is 2.40 bits per heavy atom. The predicted octanol–water partition coefficient (Wildman–Crippen LogP) is 1.04. The molecule has 0 saturated carbocycles. The number of likely N-dealkylation sites (tertiary alicyclic amines) is 1. The molecule has 0 aromatic heterocycles. The Kier molecular flexibility index (Phi) is 5.58. The van der Waals surface area contributed by atoms with E-state index >= 15 is 0 Å². The summed E-state index contributed by atoms with van der Waals surface area (Å²) in [5.74, 6) is 0.852. The summed E-state index contributed by atoms with van der Waals surface area (Å²) >= 11 is 0. The van der Waals surface area contributed by atoms with E-state index in [0.29, 0.717) is 12.1 Å². The molecule has 0 aliphatic carbocycles. The predicted molar refractivity (Wildman–Crippen MR) is 66.0 cm³/mol. The van der Waals surface area contributed by atoms with Crippen LogP contribution in [0.5, 0.6) is 0 Å². The molecule has 0 aromatic carbocycles. The number of rotatable bonds is 5. The summed E-state index contributed by atoms with van der Waals surface area (Å²) < 4.78 is 0. The van der Waals surface area contributed by atoms with Crippen LogP contribution in [-0.2, 0) is 0 Å². The van der Waals surface area contributed by atoms with E-state index in [1.165, 1.54) is 32.4 Å². The summed E-state index contributed by atoms with van der Waals surface area (Å²) in [6.45, 7) is 4.60. The lowest BCUT2D eigenvalue weighted by Gasteiger charge is -2.34. The molecule has 3 heteroatoms. The average molecular weight is 213 g/mol. The average Bonchev–Trinajstić information content (AvgIpc) is 2.21. The number of piperidine rings is 1. The van der Waals surface area contributed by atoms with Gasteiger partial charge in [0, 0.05) is 12.1 Å². The van der Waals surface area contributed by atoms with Gasteiger partial charge in [-0.15, -0.1) is 0 Å². The molecule has 2 atom stereocenters. The van der Waals surface area contributed by atoms with Gasteiger partial charge in [0.25, 0.3) is 0 Å². The van der Waals surface area contributed by atoms with Gasteiger partial charge in [-0.2, -0.15) is 0 Å². The van der Waals surface area contributed by atoms with Crippen LogP contribution in [0, 0.1) is 5.92 Å². The Hall–Kier alpha value is -0.120. The molecule has 1 aliphatic rings. The van der Waals surface area contributed by atoms with Gasteiger partial charge in [0.2, 0.25) is 0 Å². The van der Waals surface area contributed by atoms with Gasteiger partial charge in [-0.05, 0) is 65.7 Å². The molecule has 1 heterocycles. The van der Waals surface area contributed by atoms with Crippen molar-refractivity contribution in [3.8, 4) is 0 Å². The van der Waals surface area contributed by atoms with Crippen molar-refractivity contribution in [3.05, 3.63) is 0 Å². The van der Waals surface area contributed by atoms with Gasteiger partial charge < -0.3 is 16.0 Å². The van der Waals surface area contributed by atoms with Crippen molar-refractivity contribution in [2.45, 2.75) is 44.7 Å². The van der Waals surface area contributed by atoms with Gasteiger partial charge in [0.15, 0.2) is 0 Å². The monoisotopic (exact) mass is 213 g/mol. The van der Waals surface area contributed by atoms with Crippen LogP contribution in [0.1, 0.15) is 32.6 Å². The van der Waals surface area contributed by atoms with Crippen LogP contribution in [0.15, 0.2) is 0 Å². The van der Waals surface area contributed by atoms with E-state index < -0.39 is 0 Å². The second kappa shape index (κ2) is 6.46. The molecule has 1 saturated heterocycles. The molecule has 1 aliphatic heterocycles. The van der Waals surface area contributed by atoms with Gasteiger partial charge in [-0.25, -0.2) is 0 Å². The van der Waals surface area contributed by atoms with Crippen molar-refractivity contribution in [1.82, 2.24) is 10.2 Å². The lowest BCUT2D eigenvalue weighted by molar-refractivity contribution is 0.181. The molecule has 1 rings (SSSR count). The van der Waals surface area contributed by atoms with Crippen LogP contribution < -0.4 is 11.1 Å². The Bertz CT molecular complexity index is 162. The summed E-state index contributed by atoms with van der Waals surface area (Å²) in [5, 5.41) is 3.47. The maximum absolute atomic E-state index is 5.81. The number of nitrogens with one attached hydrogen (secondary N) is 1. The smallest absolute Gasteiger partial charge is 0.00938 e. The first-order chi connectivity index (χ1) is 7.13. The van der Waals surface area contributed by atoms with E-state index in [4.69, 9.17) is 5.73 Å². The zero-order chi connectivity index (χ0) is 11.3. The van der Waals surface area contributed by atoms with Crippen molar-refractivity contribution in [2.75, 3.05) is 27.2 Å². The fourth-order valence-electron chi connectivity index (χ4n) is 2.49. The molecule has 15 heavy (non-hydrogen) atoms. The Morgan fingerprint density at radius 1 is 1.33 bits per heavy atom. The summed E-state index contributed by atoms with van der Waals surface area (Å²) in [6, 6.07) is 1.01. The van der Waals surface area contributed by atoms with E-state index in [0.717, 1.165) is 12.3 Å². The minimum Gasteiger partial charge on any atom is -0.328 e. The van der Waals surface area contributed by atoms with Crippen LogP contribution >= 0.6 is 0 Å². The van der Waals surface area contributed by atoms with E-state index in [2.05, 4.69) is 31.2 Å². The molecule has 0 aromatic rings. The van der Waals surface area contributed by atoms with Gasteiger partial charge >= 0.3 is 0 Å². The van der Waals surface area contributed by atoms with Crippen molar-refractivity contribution in [1.29, 1.82) is 0 Å². The molecule has 0 spiro atoms. The third-order valence-electron chi connectivity index (χ3n) is 3.64. The minimum absolute atomic E-state index is 0.340. The fourth-order valence-corrected chi connectivity index (χ4v) is 2.49.